The van der Waals surface area contributed by atoms with Crippen molar-refractivity contribution in [2.45, 2.75) is 65.8 Å². The van der Waals surface area contributed by atoms with Gasteiger partial charge in [-0.1, -0.05) is 24.9 Å². The van der Waals surface area contributed by atoms with Gasteiger partial charge in [0.2, 0.25) is 0 Å². The minimum Gasteiger partial charge on any atom is -0.481 e. The molecule has 0 spiro atoms. The van der Waals surface area contributed by atoms with Crippen LogP contribution >= 0.6 is 11.6 Å². The number of aromatic nitrogens is 2. The Kier molecular flexibility index (Phi) is 4.97. The highest BCUT2D eigenvalue weighted by Gasteiger charge is 2.43. The van der Waals surface area contributed by atoms with Crippen LogP contribution in [0.2, 0.25) is 5.02 Å². The van der Waals surface area contributed by atoms with Crippen molar-refractivity contribution in [1.29, 1.82) is 0 Å². The van der Waals surface area contributed by atoms with E-state index in [4.69, 9.17) is 11.6 Å². The van der Waals surface area contributed by atoms with Gasteiger partial charge in [-0.05, 0) is 45.4 Å². The number of hydrogen-bond acceptors (Lipinski definition) is 2. The van der Waals surface area contributed by atoms with E-state index in [1.54, 1.807) is 0 Å². The predicted octanol–water partition coefficient (Wildman–Crippen LogP) is 4.08. The number of nitrogens with zero attached hydrogens (tertiary/aromatic N) is 2. The molecule has 5 heteroatoms. The summed E-state index contributed by atoms with van der Waals surface area (Å²) in [5.41, 5.74) is 1.000. The normalized spacial score (nSPS) is 26.0. The van der Waals surface area contributed by atoms with Crippen LogP contribution in [0.5, 0.6) is 0 Å². The Hall–Kier alpha value is -1.03. The number of carboxylic acids is 1. The van der Waals surface area contributed by atoms with Gasteiger partial charge in [0, 0.05) is 13.0 Å². The summed E-state index contributed by atoms with van der Waals surface area (Å²) in [5.74, 6) is -0.0135. The van der Waals surface area contributed by atoms with Gasteiger partial charge < -0.3 is 5.11 Å². The van der Waals surface area contributed by atoms with Gasteiger partial charge in [-0.2, -0.15) is 5.10 Å². The molecule has 0 amide bonds. The van der Waals surface area contributed by atoms with Crippen molar-refractivity contribution >= 4 is 17.6 Å². The van der Waals surface area contributed by atoms with E-state index in [0.717, 1.165) is 50.0 Å². The van der Waals surface area contributed by atoms with E-state index in [1.165, 1.54) is 0 Å². The minimum atomic E-state index is -0.686. The van der Waals surface area contributed by atoms with Gasteiger partial charge in [0.15, 0.2) is 0 Å². The summed E-state index contributed by atoms with van der Waals surface area (Å²) in [7, 11) is 0. The Morgan fingerprint density at radius 1 is 1.43 bits per heavy atom. The van der Waals surface area contributed by atoms with Gasteiger partial charge >= 0.3 is 5.97 Å². The van der Waals surface area contributed by atoms with Gasteiger partial charge in [0.05, 0.1) is 21.8 Å². The number of hydrogen-bond donors (Lipinski definition) is 1. The molecular formula is C16H25ClN2O2. The molecule has 0 radical (unpaired) electrons. The number of aliphatic carboxylic acids is 1. The van der Waals surface area contributed by atoms with Gasteiger partial charge in [0.1, 0.15) is 0 Å². The Morgan fingerprint density at radius 2 is 2.05 bits per heavy atom. The van der Waals surface area contributed by atoms with E-state index in [1.807, 2.05) is 18.5 Å². The number of carboxylic acid groups (broad SMARTS) is 1. The summed E-state index contributed by atoms with van der Waals surface area (Å²) >= 11 is 6.36. The van der Waals surface area contributed by atoms with Crippen LogP contribution < -0.4 is 0 Å². The summed E-state index contributed by atoms with van der Waals surface area (Å²) in [4.78, 5) is 11.9. The Bertz CT molecular complexity index is 517. The van der Waals surface area contributed by atoms with Crippen LogP contribution in [0.1, 0.15) is 57.3 Å². The third kappa shape index (κ3) is 3.10. The van der Waals surface area contributed by atoms with Crippen LogP contribution in [-0.4, -0.2) is 20.9 Å². The first kappa shape index (κ1) is 16.3. The molecule has 1 heterocycles. The lowest BCUT2D eigenvalue weighted by Crippen LogP contribution is -2.38. The van der Waals surface area contributed by atoms with Crippen molar-refractivity contribution in [3.8, 4) is 0 Å². The molecule has 0 atom stereocenters. The van der Waals surface area contributed by atoms with E-state index in [-0.39, 0.29) is 0 Å². The number of aryl methyl sites for hydroxylation is 2. The second-order valence-electron chi connectivity index (χ2n) is 6.28. The lowest BCUT2D eigenvalue weighted by atomic mass is 9.67. The summed E-state index contributed by atoms with van der Waals surface area (Å²) in [6, 6.07) is 0. The van der Waals surface area contributed by atoms with Crippen molar-refractivity contribution in [2.75, 3.05) is 0 Å². The maximum absolute atomic E-state index is 11.9. The molecule has 1 aromatic heterocycles. The lowest BCUT2D eigenvalue weighted by molar-refractivity contribution is -0.151. The Balaban J connectivity index is 2.28. The third-order valence-electron chi connectivity index (χ3n) is 5.05. The molecule has 1 fully saturated rings. The highest BCUT2D eigenvalue weighted by Crippen LogP contribution is 2.43. The zero-order valence-electron chi connectivity index (χ0n) is 13.2. The Morgan fingerprint density at radius 3 is 2.52 bits per heavy atom. The summed E-state index contributed by atoms with van der Waals surface area (Å²) < 4.78 is 1.86. The van der Waals surface area contributed by atoms with Crippen LogP contribution in [0.4, 0.5) is 0 Å². The monoisotopic (exact) mass is 312 g/mol. The first-order chi connectivity index (χ1) is 9.93. The van der Waals surface area contributed by atoms with E-state index in [0.29, 0.717) is 17.4 Å². The van der Waals surface area contributed by atoms with Gasteiger partial charge in [-0.3, -0.25) is 9.48 Å². The highest BCUT2D eigenvalue weighted by atomic mass is 35.5. The standard InChI is InChI=1S/C16H25ClN2O2/c1-4-12-6-8-16(9-7-12,15(20)21)10-13-14(17)11(3)18-19(13)5-2/h12H,4-10H2,1-3H3,(H,20,21). The molecule has 1 N–H and O–H groups in total. The van der Waals surface area contributed by atoms with Crippen LogP contribution in [0.3, 0.4) is 0 Å². The molecule has 1 aliphatic rings. The largest absolute Gasteiger partial charge is 0.481 e. The van der Waals surface area contributed by atoms with E-state index in [9.17, 15) is 9.90 Å². The average Bonchev–Trinajstić information content (AvgIpc) is 2.75. The fourth-order valence-corrected chi connectivity index (χ4v) is 3.67. The average molecular weight is 313 g/mol. The fraction of sp³-hybridized carbons (Fsp3) is 0.750. The van der Waals surface area contributed by atoms with Crippen LogP contribution in [-0.2, 0) is 17.8 Å². The van der Waals surface area contributed by atoms with Crippen LogP contribution in [0, 0.1) is 18.3 Å². The first-order valence-corrected chi connectivity index (χ1v) is 8.26. The molecule has 4 nitrogen and oxygen atoms in total. The van der Waals surface area contributed by atoms with E-state index >= 15 is 0 Å². The molecule has 21 heavy (non-hydrogen) atoms. The number of rotatable bonds is 5. The first-order valence-electron chi connectivity index (χ1n) is 7.88. The molecule has 0 bridgehead atoms. The number of carbonyl (C=O) groups is 1. The highest BCUT2D eigenvalue weighted by molar-refractivity contribution is 6.31. The Labute approximate surface area is 131 Å². The van der Waals surface area contributed by atoms with Crippen LogP contribution in [0.15, 0.2) is 0 Å². The third-order valence-corrected chi connectivity index (χ3v) is 5.54. The van der Waals surface area contributed by atoms with Crippen molar-refractivity contribution in [2.24, 2.45) is 11.3 Å². The molecule has 1 aromatic rings. The smallest absolute Gasteiger partial charge is 0.310 e. The van der Waals surface area contributed by atoms with E-state index < -0.39 is 11.4 Å². The van der Waals surface area contributed by atoms with Crippen molar-refractivity contribution in [3.05, 3.63) is 16.4 Å². The summed E-state index contributed by atoms with van der Waals surface area (Å²) in [6.45, 7) is 6.79. The number of halogens is 1. The van der Waals surface area contributed by atoms with E-state index in [2.05, 4.69) is 12.0 Å². The molecule has 0 saturated heterocycles. The summed E-state index contributed by atoms with van der Waals surface area (Å²) in [5, 5.41) is 14.8. The molecule has 1 saturated carbocycles. The fourth-order valence-electron chi connectivity index (χ4n) is 3.46. The van der Waals surface area contributed by atoms with Gasteiger partial charge in [-0.15, -0.1) is 0 Å². The van der Waals surface area contributed by atoms with Gasteiger partial charge in [0.25, 0.3) is 0 Å². The maximum Gasteiger partial charge on any atom is 0.310 e. The SMILES string of the molecule is CCC1CCC(Cc2c(Cl)c(C)nn2CC)(C(=O)O)CC1. The van der Waals surface area contributed by atoms with Gasteiger partial charge in [-0.25, -0.2) is 0 Å². The predicted molar refractivity (Wildman–Crippen MR) is 83.7 cm³/mol. The van der Waals surface area contributed by atoms with Crippen molar-refractivity contribution in [1.82, 2.24) is 9.78 Å². The molecular weight excluding hydrogens is 288 g/mol. The maximum atomic E-state index is 11.9. The molecule has 1 aliphatic carbocycles. The van der Waals surface area contributed by atoms with Crippen molar-refractivity contribution in [3.63, 3.8) is 0 Å². The second-order valence-corrected chi connectivity index (χ2v) is 6.65. The zero-order chi connectivity index (χ0) is 15.6. The lowest BCUT2D eigenvalue weighted by Gasteiger charge is -2.36. The molecule has 0 aromatic carbocycles. The molecule has 2 rings (SSSR count). The minimum absolute atomic E-state index is 0.492. The second kappa shape index (κ2) is 6.39. The molecule has 0 aliphatic heterocycles. The van der Waals surface area contributed by atoms with Crippen LogP contribution in [0.25, 0.3) is 0 Å². The molecule has 0 unspecified atom stereocenters. The summed E-state index contributed by atoms with van der Waals surface area (Å²) in [6.07, 6.45) is 5.12. The molecule has 118 valence electrons. The quantitative estimate of drug-likeness (QED) is 0.891. The zero-order valence-corrected chi connectivity index (χ0v) is 13.9. The topological polar surface area (TPSA) is 55.1 Å². The van der Waals surface area contributed by atoms with Crippen molar-refractivity contribution < 1.29 is 9.90 Å².